The van der Waals surface area contributed by atoms with E-state index in [4.69, 9.17) is 23.2 Å². The third-order valence-electron chi connectivity index (χ3n) is 2.83. The second-order valence-corrected chi connectivity index (χ2v) is 5.63. The van der Waals surface area contributed by atoms with Crippen molar-refractivity contribution in [2.45, 2.75) is 6.92 Å². The fourth-order valence-electron chi connectivity index (χ4n) is 1.89. The highest BCUT2D eigenvalue weighted by molar-refractivity contribution is 6.35. The molecule has 0 heterocycles. The van der Waals surface area contributed by atoms with E-state index in [9.17, 15) is 9.59 Å². The van der Waals surface area contributed by atoms with Crippen LogP contribution in [0, 0.1) is 0 Å². The Morgan fingerprint density at radius 3 is 2.39 bits per heavy atom. The summed E-state index contributed by atoms with van der Waals surface area (Å²) < 4.78 is 0. The summed E-state index contributed by atoms with van der Waals surface area (Å²) in [7, 11) is 0. The van der Waals surface area contributed by atoms with E-state index in [1.165, 1.54) is 6.92 Å². The Morgan fingerprint density at radius 2 is 1.70 bits per heavy atom. The second kappa shape index (κ2) is 7.85. The maximum Gasteiger partial charge on any atom is 0.243 e. The number of nitrogens with one attached hydrogen (secondary N) is 3. The lowest BCUT2D eigenvalue weighted by Gasteiger charge is -2.10. The van der Waals surface area contributed by atoms with Crippen LogP contribution < -0.4 is 16.0 Å². The van der Waals surface area contributed by atoms with Crippen molar-refractivity contribution in [3.8, 4) is 0 Å². The molecule has 0 aliphatic rings. The van der Waals surface area contributed by atoms with E-state index in [0.29, 0.717) is 27.1 Å². The number of hydrogen-bond acceptors (Lipinski definition) is 3. The Hall–Kier alpha value is -2.24. The number of carbonyl (C=O) groups excluding carboxylic acids is 2. The van der Waals surface area contributed by atoms with Crippen molar-refractivity contribution in [1.82, 2.24) is 0 Å². The topological polar surface area (TPSA) is 70.2 Å². The van der Waals surface area contributed by atoms with Gasteiger partial charge in [0.2, 0.25) is 11.8 Å². The van der Waals surface area contributed by atoms with Gasteiger partial charge in [0.1, 0.15) is 0 Å². The third-order valence-corrected chi connectivity index (χ3v) is 3.40. The Labute approximate surface area is 144 Å². The van der Waals surface area contributed by atoms with Gasteiger partial charge in [-0.1, -0.05) is 29.3 Å². The zero-order valence-electron chi connectivity index (χ0n) is 12.3. The van der Waals surface area contributed by atoms with Crippen molar-refractivity contribution >= 4 is 52.1 Å². The summed E-state index contributed by atoms with van der Waals surface area (Å²) in [5.74, 6) is -0.424. The molecule has 7 heteroatoms. The molecule has 23 heavy (non-hydrogen) atoms. The molecule has 2 aromatic carbocycles. The predicted octanol–water partition coefficient (Wildman–Crippen LogP) is 4.00. The molecule has 5 nitrogen and oxygen atoms in total. The van der Waals surface area contributed by atoms with Gasteiger partial charge in [0.05, 0.1) is 17.3 Å². The van der Waals surface area contributed by atoms with Crippen LogP contribution in [0.5, 0.6) is 0 Å². The van der Waals surface area contributed by atoms with E-state index in [2.05, 4.69) is 16.0 Å². The number of rotatable bonds is 5. The number of hydrogen-bond donors (Lipinski definition) is 3. The van der Waals surface area contributed by atoms with Gasteiger partial charge in [0, 0.05) is 23.3 Å². The molecule has 0 saturated carbocycles. The van der Waals surface area contributed by atoms with Crippen LogP contribution in [0.3, 0.4) is 0 Å². The number of benzene rings is 2. The monoisotopic (exact) mass is 351 g/mol. The van der Waals surface area contributed by atoms with Crippen LogP contribution in [0.2, 0.25) is 10.0 Å². The molecule has 0 spiro atoms. The lowest BCUT2D eigenvalue weighted by atomic mass is 10.2. The van der Waals surface area contributed by atoms with Gasteiger partial charge in [-0.25, -0.2) is 0 Å². The van der Waals surface area contributed by atoms with Gasteiger partial charge in [-0.05, 0) is 36.4 Å². The quantitative estimate of drug-likeness (QED) is 0.762. The minimum atomic E-state index is -0.249. The zero-order valence-corrected chi connectivity index (χ0v) is 13.8. The first-order valence-corrected chi connectivity index (χ1v) is 7.56. The maximum atomic E-state index is 12.0. The summed E-state index contributed by atoms with van der Waals surface area (Å²) in [4.78, 5) is 23.0. The molecule has 2 amide bonds. The summed E-state index contributed by atoms with van der Waals surface area (Å²) in [5, 5.41) is 9.31. The molecule has 0 unspecified atom stereocenters. The van der Waals surface area contributed by atoms with Crippen LogP contribution in [0.15, 0.2) is 42.5 Å². The lowest BCUT2D eigenvalue weighted by Crippen LogP contribution is -2.22. The van der Waals surface area contributed by atoms with E-state index in [0.717, 1.165) is 0 Å². The van der Waals surface area contributed by atoms with Crippen molar-refractivity contribution in [2.24, 2.45) is 0 Å². The number of carbonyl (C=O) groups is 2. The third kappa shape index (κ3) is 5.47. The fraction of sp³-hybridized carbons (Fsp3) is 0.125. The Kier molecular flexibility index (Phi) is 5.84. The molecule has 0 bridgehead atoms. The number of amides is 2. The van der Waals surface area contributed by atoms with Crippen LogP contribution in [0.25, 0.3) is 0 Å². The number of anilines is 3. The molecule has 0 atom stereocenters. The molecule has 2 aromatic rings. The van der Waals surface area contributed by atoms with E-state index in [1.807, 2.05) is 0 Å². The molecule has 2 rings (SSSR count). The predicted molar refractivity (Wildman–Crippen MR) is 94.3 cm³/mol. The first-order chi connectivity index (χ1) is 10.9. The Bertz CT molecular complexity index is 735. The normalized spacial score (nSPS) is 10.0. The summed E-state index contributed by atoms with van der Waals surface area (Å²) in [6, 6.07) is 11.8. The average Bonchev–Trinajstić information content (AvgIpc) is 2.48. The minimum absolute atomic E-state index is 0.0322. The molecule has 0 aliphatic heterocycles. The van der Waals surface area contributed by atoms with Gasteiger partial charge in [-0.2, -0.15) is 0 Å². The first kappa shape index (κ1) is 17.1. The van der Waals surface area contributed by atoms with Gasteiger partial charge in [-0.3, -0.25) is 9.59 Å². The van der Waals surface area contributed by atoms with Crippen molar-refractivity contribution < 1.29 is 9.59 Å². The van der Waals surface area contributed by atoms with Gasteiger partial charge < -0.3 is 16.0 Å². The second-order valence-electron chi connectivity index (χ2n) is 4.79. The van der Waals surface area contributed by atoms with E-state index >= 15 is 0 Å². The first-order valence-electron chi connectivity index (χ1n) is 6.80. The van der Waals surface area contributed by atoms with Crippen LogP contribution in [-0.2, 0) is 9.59 Å². The largest absolute Gasteiger partial charge is 0.375 e. The highest BCUT2D eigenvalue weighted by Crippen LogP contribution is 2.25. The highest BCUT2D eigenvalue weighted by Gasteiger charge is 2.06. The standard InChI is InChI=1S/C16H15Cl2N3O2/c1-10(22)20-12-3-2-4-13(8-12)21-16(23)9-19-15-7-11(17)5-6-14(15)18/h2-8,19H,9H2,1H3,(H,20,22)(H,21,23). The summed E-state index contributed by atoms with van der Waals surface area (Å²) >= 11 is 11.9. The average molecular weight is 352 g/mol. The summed E-state index contributed by atoms with van der Waals surface area (Å²) in [6.45, 7) is 1.45. The molecule has 120 valence electrons. The molecule has 0 aliphatic carbocycles. The Morgan fingerprint density at radius 1 is 1.00 bits per heavy atom. The molecule has 3 N–H and O–H groups in total. The van der Waals surface area contributed by atoms with Gasteiger partial charge in [0.15, 0.2) is 0 Å². The van der Waals surface area contributed by atoms with E-state index in [-0.39, 0.29) is 18.4 Å². The Balaban J connectivity index is 1.94. The van der Waals surface area contributed by atoms with E-state index < -0.39 is 0 Å². The molecular weight excluding hydrogens is 337 g/mol. The van der Waals surface area contributed by atoms with Crippen molar-refractivity contribution in [3.05, 3.63) is 52.5 Å². The van der Waals surface area contributed by atoms with Gasteiger partial charge in [-0.15, -0.1) is 0 Å². The molecule has 0 fully saturated rings. The smallest absolute Gasteiger partial charge is 0.243 e. The van der Waals surface area contributed by atoms with Crippen LogP contribution in [0.4, 0.5) is 17.1 Å². The minimum Gasteiger partial charge on any atom is -0.375 e. The molecule has 0 radical (unpaired) electrons. The molecule has 0 saturated heterocycles. The SMILES string of the molecule is CC(=O)Nc1cccc(NC(=O)CNc2cc(Cl)ccc2Cl)c1. The van der Waals surface area contributed by atoms with Crippen molar-refractivity contribution in [2.75, 3.05) is 22.5 Å². The zero-order chi connectivity index (χ0) is 16.8. The molecule has 0 aromatic heterocycles. The van der Waals surface area contributed by atoms with E-state index in [1.54, 1.807) is 42.5 Å². The summed E-state index contributed by atoms with van der Waals surface area (Å²) in [6.07, 6.45) is 0. The van der Waals surface area contributed by atoms with Gasteiger partial charge in [0.25, 0.3) is 0 Å². The maximum absolute atomic E-state index is 12.0. The van der Waals surface area contributed by atoms with Crippen molar-refractivity contribution in [3.63, 3.8) is 0 Å². The van der Waals surface area contributed by atoms with Gasteiger partial charge >= 0.3 is 0 Å². The van der Waals surface area contributed by atoms with Crippen LogP contribution >= 0.6 is 23.2 Å². The number of halogens is 2. The molecular formula is C16H15Cl2N3O2. The van der Waals surface area contributed by atoms with Crippen LogP contribution in [0.1, 0.15) is 6.92 Å². The fourth-order valence-corrected chi connectivity index (χ4v) is 2.25. The van der Waals surface area contributed by atoms with Crippen molar-refractivity contribution in [1.29, 1.82) is 0 Å². The summed E-state index contributed by atoms with van der Waals surface area (Å²) in [5.41, 5.74) is 1.78. The highest BCUT2D eigenvalue weighted by atomic mass is 35.5. The van der Waals surface area contributed by atoms with Crippen LogP contribution in [-0.4, -0.2) is 18.4 Å². The lowest BCUT2D eigenvalue weighted by molar-refractivity contribution is -0.115.